The van der Waals surface area contributed by atoms with Crippen LogP contribution in [0.2, 0.25) is 0 Å². The number of thiophene rings is 1. The van der Waals surface area contributed by atoms with Gasteiger partial charge in [-0.3, -0.25) is 0 Å². The zero-order valence-electron chi connectivity index (χ0n) is 11.2. The van der Waals surface area contributed by atoms with E-state index in [9.17, 15) is 0 Å². The van der Waals surface area contributed by atoms with Crippen LogP contribution in [0.5, 0.6) is 0 Å². The van der Waals surface area contributed by atoms with Crippen LogP contribution in [0.25, 0.3) is 0 Å². The van der Waals surface area contributed by atoms with Gasteiger partial charge in [0.05, 0.1) is 13.2 Å². The van der Waals surface area contributed by atoms with E-state index in [1.165, 1.54) is 11.3 Å². The Kier molecular flexibility index (Phi) is 7.75. The van der Waals surface area contributed by atoms with Crippen LogP contribution in [-0.4, -0.2) is 18.3 Å². The number of hydrogen-bond acceptors (Lipinski definition) is 3. The maximum absolute atomic E-state index is 8.68. The normalized spacial score (nSPS) is 10.4. The summed E-state index contributed by atoms with van der Waals surface area (Å²) in [4.78, 5) is 1.19. The predicted octanol–water partition coefficient (Wildman–Crippen LogP) is 3.43. The molecule has 0 spiro atoms. The Hall–Kier alpha value is -0.820. The molecule has 0 bridgehead atoms. The van der Waals surface area contributed by atoms with Crippen molar-refractivity contribution in [1.29, 1.82) is 0 Å². The Balaban J connectivity index is 2.30. The van der Waals surface area contributed by atoms with Crippen LogP contribution >= 0.6 is 11.3 Å². The summed E-state index contributed by atoms with van der Waals surface area (Å²) in [6.45, 7) is 6.05. The molecule has 2 nitrogen and oxygen atoms in total. The first kappa shape index (κ1) is 15.2. The molecular formula is C15H22O2S. The largest absolute Gasteiger partial charge is 0.395 e. The molecule has 0 fully saturated rings. The zero-order valence-corrected chi connectivity index (χ0v) is 12.1. The van der Waals surface area contributed by atoms with Crippen molar-refractivity contribution < 1.29 is 9.84 Å². The molecule has 0 aromatic carbocycles. The zero-order chi connectivity index (χ0) is 13.2. The lowest BCUT2D eigenvalue weighted by Gasteiger charge is -2.05. The lowest BCUT2D eigenvalue weighted by atomic mass is 10.1. The van der Waals surface area contributed by atoms with E-state index < -0.39 is 0 Å². The smallest absolute Gasteiger partial charge is 0.0821 e. The molecule has 1 aromatic heterocycles. The van der Waals surface area contributed by atoms with Crippen LogP contribution in [0.4, 0.5) is 0 Å². The molecule has 0 aliphatic carbocycles. The van der Waals surface area contributed by atoms with Gasteiger partial charge in [0, 0.05) is 23.5 Å². The molecule has 1 N–H and O–H groups in total. The van der Waals surface area contributed by atoms with Crippen molar-refractivity contribution >= 4 is 11.3 Å². The Morgan fingerprint density at radius 2 is 2.28 bits per heavy atom. The summed E-state index contributed by atoms with van der Waals surface area (Å²) in [5.74, 6) is 6.76. The first-order valence-corrected chi connectivity index (χ1v) is 7.36. The van der Waals surface area contributed by atoms with Crippen molar-refractivity contribution in [3.63, 3.8) is 0 Å². The van der Waals surface area contributed by atoms with E-state index in [2.05, 4.69) is 25.7 Å². The molecule has 0 atom stereocenters. The maximum atomic E-state index is 8.68. The number of rotatable bonds is 7. The molecule has 0 saturated carbocycles. The van der Waals surface area contributed by atoms with E-state index in [1.54, 1.807) is 11.3 Å². The highest BCUT2D eigenvalue weighted by atomic mass is 32.1. The lowest BCUT2D eigenvalue weighted by Crippen LogP contribution is -1.97. The van der Waals surface area contributed by atoms with Crippen molar-refractivity contribution in [2.24, 2.45) is 5.92 Å². The van der Waals surface area contributed by atoms with Crippen LogP contribution < -0.4 is 0 Å². The third kappa shape index (κ3) is 6.20. The Labute approximate surface area is 114 Å². The van der Waals surface area contributed by atoms with Gasteiger partial charge in [0.15, 0.2) is 0 Å². The molecule has 1 heterocycles. The highest BCUT2D eigenvalue weighted by molar-refractivity contribution is 7.10. The van der Waals surface area contributed by atoms with Gasteiger partial charge in [-0.05, 0) is 30.2 Å². The monoisotopic (exact) mass is 266 g/mol. The van der Waals surface area contributed by atoms with E-state index >= 15 is 0 Å². The second-order valence-corrected chi connectivity index (χ2v) is 5.62. The number of aliphatic hydroxyl groups is 1. The molecule has 1 rings (SSSR count). The van der Waals surface area contributed by atoms with Crippen LogP contribution in [0.1, 0.15) is 43.6 Å². The third-order valence-electron chi connectivity index (χ3n) is 2.51. The summed E-state index contributed by atoms with van der Waals surface area (Å²) in [6.07, 6.45) is 2.87. The topological polar surface area (TPSA) is 29.5 Å². The molecular weight excluding hydrogens is 244 g/mol. The molecule has 0 amide bonds. The average Bonchev–Trinajstić information content (AvgIpc) is 2.76. The standard InChI is InChI=1S/C15H22O2S/c1-13(2)6-5-10-17-12-15-14(8-11-18-15)7-3-4-9-16/h8,11,13,16H,4-6,9-10,12H2,1-2H3. The van der Waals surface area contributed by atoms with Crippen LogP contribution in [0.15, 0.2) is 11.4 Å². The highest BCUT2D eigenvalue weighted by Gasteiger charge is 2.02. The molecule has 0 aliphatic heterocycles. The SMILES string of the molecule is CC(C)CCCOCc1sccc1C#CCCO. The molecule has 0 saturated heterocycles. The Morgan fingerprint density at radius 3 is 3.00 bits per heavy atom. The van der Waals surface area contributed by atoms with Gasteiger partial charge in [0.1, 0.15) is 0 Å². The van der Waals surface area contributed by atoms with Crippen LogP contribution in [-0.2, 0) is 11.3 Å². The number of aliphatic hydroxyl groups excluding tert-OH is 1. The second kappa shape index (κ2) is 9.16. The van der Waals surface area contributed by atoms with Crippen LogP contribution in [0, 0.1) is 17.8 Å². The van der Waals surface area contributed by atoms with Crippen molar-refractivity contribution in [1.82, 2.24) is 0 Å². The van der Waals surface area contributed by atoms with Crippen molar-refractivity contribution in [2.45, 2.75) is 39.7 Å². The van der Waals surface area contributed by atoms with Crippen LogP contribution in [0.3, 0.4) is 0 Å². The van der Waals surface area contributed by atoms with E-state index in [0.717, 1.165) is 24.5 Å². The molecule has 0 unspecified atom stereocenters. The third-order valence-corrected chi connectivity index (χ3v) is 3.40. The van der Waals surface area contributed by atoms with Gasteiger partial charge in [0.2, 0.25) is 0 Å². The molecule has 1 aromatic rings. The van der Waals surface area contributed by atoms with E-state index in [-0.39, 0.29) is 6.61 Å². The van der Waals surface area contributed by atoms with Gasteiger partial charge in [0.25, 0.3) is 0 Å². The average molecular weight is 266 g/mol. The summed E-state index contributed by atoms with van der Waals surface area (Å²) in [5, 5.41) is 10.7. The van der Waals surface area contributed by atoms with Gasteiger partial charge < -0.3 is 9.84 Å². The first-order valence-electron chi connectivity index (χ1n) is 6.48. The summed E-state index contributed by atoms with van der Waals surface area (Å²) in [6, 6.07) is 2.02. The lowest BCUT2D eigenvalue weighted by molar-refractivity contribution is 0.117. The summed E-state index contributed by atoms with van der Waals surface area (Å²) >= 11 is 1.68. The maximum Gasteiger partial charge on any atom is 0.0821 e. The predicted molar refractivity (Wildman–Crippen MR) is 76.6 cm³/mol. The number of ether oxygens (including phenoxy) is 1. The summed E-state index contributed by atoms with van der Waals surface area (Å²) in [7, 11) is 0. The van der Waals surface area contributed by atoms with Crippen molar-refractivity contribution in [3.8, 4) is 11.8 Å². The summed E-state index contributed by atoms with van der Waals surface area (Å²) < 4.78 is 5.67. The van der Waals surface area contributed by atoms with E-state index in [0.29, 0.717) is 13.0 Å². The first-order chi connectivity index (χ1) is 8.74. The highest BCUT2D eigenvalue weighted by Crippen LogP contribution is 2.17. The Morgan fingerprint density at radius 1 is 1.44 bits per heavy atom. The van der Waals surface area contributed by atoms with Gasteiger partial charge in [-0.15, -0.1) is 11.3 Å². The fourth-order valence-corrected chi connectivity index (χ4v) is 2.30. The van der Waals surface area contributed by atoms with Gasteiger partial charge in [-0.2, -0.15) is 0 Å². The quantitative estimate of drug-likeness (QED) is 0.605. The van der Waals surface area contributed by atoms with Gasteiger partial charge >= 0.3 is 0 Å². The van der Waals surface area contributed by atoms with E-state index in [4.69, 9.17) is 9.84 Å². The second-order valence-electron chi connectivity index (χ2n) is 4.62. The summed E-state index contributed by atoms with van der Waals surface area (Å²) in [5.41, 5.74) is 1.04. The minimum Gasteiger partial charge on any atom is -0.395 e. The fourth-order valence-electron chi connectivity index (χ4n) is 1.54. The van der Waals surface area contributed by atoms with Crippen molar-refractivity contribution in [2.75, 3.05) is 13.2 Å². The molecule has 100 valence electrons. The molecule has 3 heteroatoms. The number of hydrogen-bond donors (Lipinski definition) is 1. The minimum atomic E-state index is 0.123. The molecule has 0 aliphatic rings. The minimum absolute atomic E-state index is 0.123. The fraction of sp³-hybridized carbons (Fsp3) is 0.600. The van der Waals surface area contributed by atoms with Crippen molar-refractivity contribution in [3.05, 3.63) is 21.9 Å². The van der Waals surface area contributed by atoms with Gasteiger partial charge in [-0.1, -0.05) is 25.7 Å². The molecule has 0 radical (unpaired) electrons. The Bertz CT molecular complexity index is 385. The molecule has 18 heavy (non-hydrogen) atoms. The van der Waals surface area contributed by atoms with Gasteiger partial charge in [-0.25, -0.2) is 0 Å². The van der Waals surface area contributed by atoms with E-state index in [1.807, 2.05) is 11.4 Å².